The molecule has 0 aliphatic heterocycles. The van der Waals surface area contributed by atoms with E-state index in [0.717, 1.165) is 4.68 Å². The van der Waals surface area contributed by atoms with E-state index in [4.69, 9.17) is 16.3 Å². The van der Waals surface area contributed by atoms with E-state index in [9.17, 15) is 9.59 Å². The van der Waals surface area contributed by atoms with Crippen LogP contribution in [0, 0.1) is 0 Å². The fourth-order valence-corrected chi connectivity index (χ4v) is 3.02. The summed E-state index contributed by atoms with van der Waals surface area (Å²) in [6.45, 7) is 4.00. The molecule has 0 atom stereocenters. The van der Waals surface area contributed by atoms with Crippen LogP contribution >= 0.6 is 11.6 Å². The number of H-pyrrole nitrogens is 2. The van der Waals surface area contributed by atoms with Gasteiger partial charge in [-0.3, -0.25) is 4.79 Å². The van der Waals surface area contributed by atoms with Gasteiger partial charge >= 0.3 is 11.2 Å². The summed E-state index contributed by atoms with van der Waals surface area (Å²) in [6, 6.07) is 12.2. The molecule has 0 spiro atoms. The Morgan fingerprint density at radius 3 is 2.64 bits per heavy atom. The van der Waals surface area contributed by atoms with Gasteiger partial charge < -0.3 is 14.7 Å². The molecule has 0 aliphatic carbocycles. The second-order valence-corrected chi connectivity index (χ2v) is 6.46. The molecule has 0 fully saturated rings. The summed E-state index contributed by atoms with van der Waals surface area (Å²) in [5.74, 6) is 0.685. The Balaban J connectivity index is 1.73. The van der Waals surface area contributed by atoms with Gasteiger partial charge in [0.1, 0.15) is 17.9 Å². The molecule has 0 saturated heterocycles. The van der Waals surface area contributed by atoms with E-state index in [1.165, 1.54) is 6.21 Å². The lowest BCUT2D eigenvalue weighted by molar-refractivity contribution is 0.363. The molecule has 0 bridgehead atoms. The SMILES string of the molecule is C=CCOc1ccc(/C=N\n2c(=O)[nH]c3c([nH]c4ccc(Cl)cc43)c2=O)cc1. The van der Waals surface area contributed by atoms with E-state index in [2.05, 4.69) is 21.6 Å². The molecule has 4 rings (SSSR count). The number of rotatable bonds is 5. The highest BCUT2D eigenvalue weighted by molar-refractivity contribution is 6.31. The molecule has 2 heterocycles. The summed E-state index contributed by atoms with van der Waals surface area (Å²) in [5, 5.41) is 5.22. The molecule has 2 N–H and O–H groups in total. The molecular formula is C20H15ClN4O3. The van der Waals surface area contributed by atoms with Gasteiger partial charge in [0.2, 0.25) is 0 Å². The van der Waals surface area contributed by atoms with E-state index < -0.39 is 11.2 Å². The van der Waals surface area contributed by atoms with Crippen molar-refractivity contribution in [3.05, 3.63) is 86.5 Å². The number of nitrogens with one attached hydrogen (secondary N) is 2. The Hall–Kier alpha value is -3.58. The van der Waals surface area contributed by atoms with Crippen molar-refractivity contribution < 1.29 is 4.74 Å². The molecule has 0 unspecified atom stereocenters. The number of hydrogen-bond acceptors (Lipinski definition) is 4. The van der Waals surface area contributed by atoms with Crippen molar-refractivity contribution in [2.75, 3.05) is 6.61 Å². The third kappa shape index (κ3) is 3.23. The first-order valence-electron chi connectivity index (χ1n) is 8.41. The first kappa shape index (κ1) is 17.8. The predicted octanol–water partition coefficient (Wildman–Crippen LogP) is 3.27. The molecule has 0 aliphatic rings. The van der Waals surface area contributed by atoms with Crippen LogP contribution in [-0.4, -0.2) is 27.5 Å². The summed E-state index contributed by atoms with van der Waals surface area (Å²) >= 11 is 6.02. The average molecular weight is 395 g/mol. The number of aromatic nitrogens is 3. The summed E-state index contributed by atoms with van der Waals surface area (Å²) in [5.41, 5.74) is 0.878. The number of fused-ring (bicyclic) bond motifs is 3. The van der Waals surface area contributed by atoms with Gasteiger partial charge in [0.25, 0.3) is 0 Å². The second-order valence-electron chi connectivity index (χ2n) is 6.03. The first-order chi connectivity index (χ1) is 13.6. The van der Waals surface area contributed by atoms with Gasteiger partial charge in [0, 0.05) is 15.9 Å². The van der Waals surface area contributed by atoms with Gasteiger partial charge in [0.05, 0.1) is 11.7 Å². The number of ether oxygens (including phenoxy) is 1. The standard InChI is InChI=1S/C20H15ClN4O3/c1-2-9-28-14-6-3-12(4-7-14)11-22-25-19(26)18-17(24-20(25)27)15-10-13(21)5-8-16(15)23-18/h2-8,10-11,23H,1,9H2,(H,24,27)/b22-11-. The zero-order valence-electron chi connectivity index (χ0n) is 14.6. The molecular weight excluding hydrogens is 380 g/mol. The van der Waals surface area contributed by atoms with Crippen LogP contribution in [0.1, 0.15) is 5.56 Å². The summed E-state index contributed by atoms with van der Waals surface area (Å²) < 4.78 is 6.19. The molecule has 8 heteroatoms. The molecule has 28 heavy (non-hydrogen) atoms. The Bertz CT molecular complexity index is 1330. The smallest absolute Gasteiger partial charge is 0.350 e. The molecule has 0 saturated carbocycles. The Morgan fingerprint density at radius 2 is 1.89 bits per heavy atom. The maximum absolute atomic E-state index is 12.7. The van der Waals surface area contributed by atoms with Crippen molar-refractivity contribution >= 4 is 39.8 Å². The van der Waals surface area contributed by atoms with Crippen LogP contribution in [0.15, 0.2) is 69.8 Å². The van der Waals surface area contributed by atoms with E-state index in [1.54, 1.807) is 48.5 Å². The van der Waals surface area contributed by atoms with E-state index in [1.807, 2.05) is 0 Å². The highest BCUT2D eigenvalue weighted by Crippen LogP contribution is 2.24. The molecule has 0 amide bonds. The third-order valence-electron chi connectivity index (χ3n) is 4.16. The topological polar surface area (TPSA) is 92.2 Å². The monoisotopic (exact) mass is 394 g/mol. The van der Waals surface area contributed by atoms with E-state index in [0.29, 0.717) is 39.4 Å². The largest absolute Gasteiger partial charge is 0.490 e. The van der Waals surface area contributed by atoms with Crippen LogP contribution < -0.4 is 16.0 Å². The van der Waals surface area contributed by atoms with Gasteiger partial charge in [-0.15, -0.1) is 4.68 Å². The Labute approximate surface area is 163 Å². The van der Waals surface area contributed by atoms with Crippen molar-refractivity contribution in [1.82, 2.24) is 14.6 Å². The lowest BCUT2D eigenvalue weighted by Gasteiger charge is -2.02. The number of hydrogen-bond donors (Lipinski definition) is 2. The highest BCUT2D eigenvalue weighted by Gasteiger charge is 2.12. The van der Waals surface area contributed by atoms with Gasteiger partial charge in [-0.2, -0.15) is 5.10 Å². The summed E-state index contributed by atoms with van der Waals surface area (Å²) in [7, 11) is 0. The predicted molar refractivity (Wildman–Crippen MR) is 111 cm³/mol. The van der Waals surface area contributed by atoms with Crippen LogP contribution in [0.4, 0.5) is 0 Å². The molecule has 2 aromatic carbocycles. The zero-order chi connectivity index (χ0) is 19.7. The van der Waals surface area contributed by atoms with Crippen molar-refractivity contribution in [3.63, 3.8) is 0 Å². The number of nitrogens with zero attached hydrogens (tertiary/aromatic N) is 2. The minimum Gasteiger partial charge on any atom is -0.490 e. The van der Waals surface area contributed by atoms with Crippen molar-refractivity contribution in [3.8, 4) is 5.75 Å². The van der Waals surface area contributed by atoms with Crippen molar-refractivity contribution in [1.29, 1.82) is 0 Å². The Morgan fingerprint density at radius 1 is 1.11 bits per heavy atom. The van der Waals surface area contributed by atoms with Crippen molar-refractivity contribution in [2.24, 2.45) is 5.10 Å². The molecule has 0 radical (unpaired) electrons. The third-order valence-corrected chi connectivity index (χ3v) is 4.40. The van der Waals surface area contributed by atoms with Crippen LogP contribution in [0.25, 0.3) is 21.9 Å². The Kier molecular flexibility index (Phi) is 4.58. The summed E-state index contributed by atoms with van der Waals surface area (Å²) in [6.07, 6.45) is 3.08. The number of benzene rings is 2. The molecule has 140 valence electrons. The molecule has 4 aromatic rings. The first-order valence-corrected chi connectivity index (χ1v) is 8.79. The maximum Gasteiger partial charge on any atom is 0.350 e. The summed E-state index contributed by atoms with van der Waals surface area (Å²) in [4.78, 5) is 30.8. The molecule has 7 nitrogen and oxygen atoms in total. The van der Waals surface area contributed by atoms with E-state index >= 15 is 0 Å². The van der Waals surface area contributed by atoms with Gasteiger partial charge in [-0.05, 0) is 48.0 Å². The fourth-order valence-electron chi connectivity index (χ4n) is 2.85. The van der Waals surface area contributed by atoms with Gasteiger partial charge in [-0.25, -0.2) is 4.79 Å². The number of halogens is 1. The van der Waals surface area contributed by atoms with Crippen LogP contribution in [0.2, 0.25) is 5.02 Å². The highest BCUT2D eigenvalue weighted by atomic mass is 35.5. The maximum atomic E-state index is 12.7. The second kappa shape index (κ2) is 7.21. The zero-order valence-corrected chi connectivity index (χ0v) is 15.4. The molecule has 2 aromatic heterocycles. The van der Waals surface area contributed by atoms with Crippen LogP contribution in [-0.2, 0) is 0 Å². The van der Waals surface area contributed by atoms with Gasteiger partial charge in [0.15, 0.2) is 0 Å². The average Bonchev–Trinajstić information content (AvgIpc) is 3.05. The fraction of sp³-hybridized carbons (Fsp3) is 0.0500. The lowest BCUT2D eigenvalue weighted by atomic mass is 10.2. The quantitative estimate of drug-likeness (QED) is 0.402. The minimum atomic E-state index is -0.638. The minimum absolute atomic E-state index is 0.252. The van der Waals surface area contributed by atoms with Crippen molar-refractivity contribution in [2.45, 2.75) is 0 Å². The van der Waals surface area contributed by atoms with Crippen LogP contribution in [0.5, 0.6) is 5.75 Å². The van der Waals surface area contributed by atoms with E-state index in [-0.39, 0.29) is 5.52 Å². The van der Waals surface area contributed by atoms with Gasteiger partial charge in [-0.1, -0.05) is 24.3 Å². The number of aromatic amines is 2. The van der Waals surface area contributed by atoms with Crippen LogP contribution in [0.3, 0.4) is 0 Å². The normalized spacial score (nSPS) is 11.5. The lowest BCUT2D eigenvalue weighted by Crippen LogP contribution is -2.32.